The zero-order chi connectivity index (χ0) is 13.7. The van der Waals surface area contributed by atoms with Gasteiger partial charge in [-0.3, -0.25) is 4.79 Å². The van der Waals surface area contributed by atoms with Crippen LogP contribution in [0.15, 0.2) is 10.9 Å². The smallest absolute Gasteiger partial charge is 0.262 e. The number of aromatic amines is 1. The molecule has 0 radical (unpaired) electrons. The minimum Gasteiger partial charge on any atom is -0.504 e. The molecule has 0 amide bonds. The van der Waals surface area contributed by atoms with Crippen LogP contribution in [0.4, 0.5) is 0 Å². The van der Waals surface area contributed by atoms with E-state index in [1.165, 1.54) is 0 Å². The lowest BCUT2D eigenvalue weighted by Gasteiger charge is -2.17. The van der Waals surface area contributed by atoms with Crippen molar-refractivity contribution >= 4 is 10.9 Å². The van der Waals surface area contributed by atoms with Gasteiger partial charge in [-0.25, -0.2) is 4.98 Å². The van der Waals surface area contributed by atoms with Gasteiger partial charge in [0.1, 0.15) is 11.2 Å². The predicted molar refractivity (Wildman–Crippen MR) is 66.1 cm³/mol. The van der Waals surface area contributed by atoms with E-state index in [0.717, 1.165) is 6.07 Å². The van der Waals surface area contributed by atoms with Crippen LogP contribution in [0.25, 0.3) is 10.9 Å². The third kappa shape index (κ3) is 1.75. The van der Waals surface area contributed by atoms with Crippen molar-refractivity contribution in [3.63, 3.8) is 0 Å². The highest BCUT2D eigenvalue weighted by Gasteiger charge is 2.21. The maximum Gasteiger partial charge on any atom is 0.262 e. The Balaban J connectivity index is 2.92. The Hall–Kier alpha value is -2.24. The van der Waals surface area contributed by atoms with Gasteiger partial charge >= 0.3 is 0 Å². The number of hydrogen-bond donors (Lipinski definition) is 4. The fourth-order valence-electron chi connectivity index (χ4n) is 1.62. The van der Waals surface area contributed by atoms with E-state index in [2.05, 4.69) is 9.97 Å². The molecule has 2 rings (SSSR count). The van der Waals surface area contributed by atoms with Gasteiger partial charge in [0.25, 0.3) is 5.56 Å². The van der Waals surface area contributed by atoms with Crippen molar-refractivity contribution in [2.75, 3.05) is 0 Å². The summed E-state index contributed by atoms with van der Waals surface area (Å²) in [5.74, 6) is -1.47. The zero-order valence-corrected chi connectivity index (χ0v) is 10.3. The van der Waals surface area contributed by atoms with Crippen LogP contribution in [0, 0.1) is 0 Å². The number of rotatable bonds is 0. The van der Waals surface area contributed by atoms with Crippen LogP contribution < -0.4 is 5.56 Å². The molecule has 96 valence electrons. The summed E-state index contributed by atoms with van der Waals surface area (Å²) in [6, 6.07) is 1.15. The van der Waals surface area contributed by atoms with Crippen molar-refractivity contribution in [3.05, 3.63) is 22.2 Å². The molecule has 0 aliphatic heterocycles. The summed E-state index contributed by atoms with van der Waals surface area (Å²) in [4.78, 5) is 18.6. The highest BCUT2D eigenvalue weighted by atomic mass is 16.3. The Morgan fingerprint density at radius 1 is 1.17 bits per heavy atom. The van der Waals surface area contributed by atoms with Crippen molar-refractivity contribution in [1.82, 2.24) is 9.97 Å². The molecule has 2 aromatic rings. The second-order valence-corrected chi connectivity index (χ2v) is 5.15. The molecule has 1 aromatic heterocycles. The van der Waals surface area contributed by atoms with Crippen molar-refractivity contribution in [2.45, 2.75) is 26.2 Å². The Labute approximate surface area is 103 Å². The summed E-state index contributed by atoms with van der Waals surface area (Å²) < 4.78 is 0. The number of nitrogens with zero attached hydrogens (tertiary/aromatic N) is 1. The molecule has 0 aliphatic rings. The van der Waals surface area contributed by atoms with Crippen molar-refractivity contribution in [3.8, 4) is 17.2 Å². The largest absolute Gasteiger partial charge is 0.504 e. The summed E-state index contributed by atoms with van der Waals surface area (Å²) in [5, 5.41) is 28.3. The van der Waals surface area contributed by atoms with Gasteiger partial charge in [-0.1, -0.05) is 20.8 Å². The van der Waals surface area contributed by atoms with Crippen LogP contribution >= 0.6 is 0 Å². The highest BCUT2D eigenvalue weighted by molar-refractivity contribution is 5.88. The van der Waals surface area contributed by atoms with Crippen LogP contribution in [-0.2, 0) is 5.41 Å². The molecule has 6 heteroatoms. The molecule has 0 saturated heterocycles. The molecule has 0 unspecified atom stereocenters. The van der Waals surface area contributed by atoms with Crippen LogP contribution in [0.1, 0.15) is 26.6 Å². The third-order valence-electron chi connectivity index (χ3n) is 2.63. The van der Waals surface area contributed by atoms with E-state index in [1.807, 2.05) is 20.8 Å². The monoisotopic (exact) mass is 250 g/mol. The maximum absolute atomic E-state index is 11.9. The number of hydrogen-bond acceptors (Lipinski definition) is 5. The average Bonchev–Trinajstić information content (AvgIpc) is 2.23. The number of aromatic nitrogens is 2. The lowest BCUT2D eigenvalue weighted by molar-refractivity contribution is 0.371. The zero-order valence-electron chi connectivity index (χ0n) is 10.3. The quantitative estimate of drug-likeness (QED) is 0.528. The van der Waals surface area contributed by atoms with E-state index in [9.17, 15) is 20.1 Å². The van der Waals surface area contributed by atoms with Gasteiger partial charge < -0.3 is 20.3 Å². The minimum absolute atomic E-state index is 0.136. The van der Waals surface area contributed by atoms with Crippen LogP contribution in [-0.4, -0.2) is 25.3 Å². The number of benzene rings is 1. The summed E-state index contributed by atoms with van der Waals surface area (Å²) >= 11 is 0. The molecule has 0 spiro atoms. The lowest BCUT2D eigenvalue weighted by Crippen LogP contribution is -2.22. The number of phenolic OH excluding ortho intramolecular Hbond substituents is 3. The number of fused-ring (bicyclic) bond motifs is 1. The van der Waals surface area contributed by atoms with Crippen molar-refractivity contribution in [2.24, 2.45) is 0 Å². The number of nitrogens with one attached hydrogen (secondary N) is 1. The van der Waals surface area contributed by atoms with E-state index in [1.54, 1.807) is 0 Å². The first-order valence-electron chi connectivity index (χ1n) is 5.40. The van der Waals surface area contributed by atoms with E-state index >= 15 is 0 Å². The second-order valence-electron chi connectivity index (χ2n) is 5.15. The van der Waals surface area contributed by atoms with Crippen molar-refractivity contribution in [1.29, 1.82) is 0 Å². The molecule has 18 heavy (non-hydrogen) atoms. The molecule has 1 heterocycles. The fourth-order valence-corrected chi connectivity index (χ4v) is 1.62. The summed E-state index contributed by atoms with van der Waals surface area (Å²) in [6.45, 7) is 5.62. The van der Waals surface area contributed by atoms with Gasteiger partial charge in [-0.05, 0) is 0 Å². The standard InChI is InChI=1S/C12H14N2O4/c1-12(2,3)11-13-5-4-6(15)8(16)9(17)7(5)10(18)14-11/h4,15-17H,1-3H3,(H,13,14,18). The predicted octanol–water partition coefficient (Wildman–Crippen LogP) is 1.34. The van der Waals surface area contributed by atoms with E-state index in [0.29, 0.717) is 5.82 Å². The Morgan fingerprint density at radius 2 is 1.78 bits per heavy atom. The molecule has 0 saturated carbocycles. The molecule has 1 aromatic carbocycles. The molecular formula is C12H14N2O4. The number of H-pyrrole nitrogens is 1. The molecule has 0 bridgehead atoms. The van der Waals surface area contributed by atoms with E-state index in [-0.39, 0.29) is 16.3 Å². The summed E-state index contributed by atoms with van der Waals surface area (Å²) in [5.41, 5.74) is -0.801. The molecule has 6 nitrogen and oxygen atoms in total. The first-order valence-corrected chi connectivity index (χ1v) is 5.40. The van der Waals surface area contributed by atoms with Gasteiger partial charge in [0.15, 0.2) is 11.5 Å². The molecule has 4 N–H and O–H groups in total. The van der Waals surface area contributed by atoms with E-state index < -0.39 is 22.8 Å². The molecule has 0 aliphatic carbocycles. The third-order valence-corrected chi connectivity index (χ3v) is 2.63. The summed E-state index contributed by atoms with van der Waals surface area (Å²) in [6.07, 6.45) is 0. The summed E-state index contributed by atoms with van der Waals surface area (Å²) in [7, 11) is 0. The van der Waals surface area contributed by atoms with Gasteiger partial charge in [0.2, 0.25) is 5.75 Å². The molecule has 0 atom stereocenters. The second kappa shape index (κ2) is 3.63. The van der Waals surface area contributed by atoms with Crippen LogP contribution in [0.2, 0.25) is 0 Å². The van der Waals surface area contributed by atoms with E-state index in [4.69, 9.17) is 0 Å². The van der Waals surface area contributed by atoms with Gasteiger partial charge in [-0.15, -0.1) is 0 Å². The van der Waals surface area contributed by atoms with Crippen molar-refractivity contribution < 1.29 is 15.3 Å². The number of phenols is 3. The van der Waals surface area contributed by atoms with Crippen LogP contribution in [0.5, 0.6) is 17.2 Å². The fraction of sp³-hybridized carbons (Fsp3) is 0.333. The first kappa shape index (κ1) is 12.2. The maximum atomic E-state index is 11.9. The molecular weight excluding hydrogens is 236 g/mol. The van der Waals surface area contributed by atoms with Crippen LogP contribution in [0.3, 0.4) is 0 Å². The minimum atomic E-state index is -0.724. The topological polar surface area (TPSA) is 106 Å². The first-order chi connectivity index (χ1) is 8.21. The Morgan fingerprint density at radius 3 is 2.33 bits per heavy atom. The lowest BCUT2D eigenvalue weighted by atomic mass is 9.95. The molecule has 0 fully saturated rings. The van der Waals surface area contributed by atoms with Gasteiger partial charge in [-0.2, -0.15) is 0 Å². The Bertz CT molecular complexity index is 683. The highest BCUT2D eigenvalue weighted by Crippen LogP contribution is 2.39. The van der Waals surface area contributed by atoms with Gasteiger partial charge in [0, 0.05) is 11.5 Å². The SMILES string of the molecule is CC(C)(C)c1nc2cc(O)c(O)c(O)c2c(=O)[nH]1. The normalized spacial score (nSPS) is 11.9. The van der Waals surface area contributed by atoms with Gasteiger partial charge in [0.05, 0.1) is 5.52 Å². The Kier molecular flexibility index (Phi) is 2.46. The number of aromatic hydroxyl groups is 3. The average molecular weight is 250 g/mol.